The highest BCUT2D eigenvalue weighted by atomic mass is 19.3. The summed E-state index contributed by atoms with van der Waals surface area (Å²) in [5, 5.41) is 13.5. The lowest BCUT2D eigenvalue weighted by atomic mass is 9.84. The largest absolute Gasteiger partial charge is 0.711 e. The van der Waals surface area contributed by atoms with Gasteiger partial charge in [0, 0.05) is 27.7 Å². The van der Waals surface area contributed by atoms with E-state index in [9.17, 15) is 23.6 Å². The van der Waals surface area contributed by atoms with Crippen molar-refractivity contribution in [3.8, 4) is 5.75 Å². The molecule has 1 atom stereocenters. The Kier molecular flexibility index (Phi) is 6.71. The topological polar surface area (TPSA) is 93.7 Å². The summed E-state index contributed by atoms with van der Waals surface area (Å²) >= 11 is 0. The summed E-state index contributed by atoms with van der Waals surface area (Å²) in [5.74, 6) is -6.13. The minimum Gasteiger partial charge on any atom is -0.711 e. The van der Waals surface area contributed by atoms with Crippen molar-refractivity contribution in [2.45, 2.75) is 52.6 Å². The van der Waals surface area contributed by atoms with E-state index in [1.54, 1.807) is 18.4 Å². The summed E-state index contributed by atoms with van der Waals surface area (Å²) < 4.78 is 43.5. The Morgan fingerprint density at radius 1 is 1.06 bits per heavy atom. The second-order valence-corrected chi connectivity index (χ2v) is 9.04. The number of alkyl halides is 2. The molecular weight excluding hydrogens is 474 g/mol. The Morgan fingerprint density at radius 3 is 2.31 bits per heavy atom. The maximum absolute atomic E-state index is 13.5. The van der Waals surface area contributed by atoms with Gasteiger partial charge in [-0.15, -0.1) is 0 Å². The van der Waals surface area contributed by atoms with Crippen LogP contribution in [0.1, 0.15) is 48.1 Å². The second-order valence-electron chi connectivity index (χ2n) is 9.04. The zero-order valence-corrected chi connectivity index (χ0v) is 20.2. The van der Waals surface area contributed by atoms with Crippen LogP contribution in [0.3, 0.4) is 0 Å². The number of aromatic nitrogens is 2. The number of benzene rings is 2. The molecule has 8 nitrogen and oxygen atoms in total. The van der Waals surface area contributed by atoms with Crippen LogP contribution in [0.25, 0.3) is 0 Å². The van der Waals surface area contributed by atoms with Crippen LogP contribution < -0.4 is 9.47 Å². The third-order valence-corrected chi connectivity index (χ3v) is 6.16. The Balaban J connectivity index is 1.93. The van der Waals surface area contributed by atoms with Gasteiger partial charge in [-0.05, 0) is 23.3 Å². The van der Waals surface area contributed by atoms with Gasteiger partial charge in [0.15, 0.2) is 5.92 Å². The van der Waals surface area contributed by atoms with Gasteiger partial charge in [-0.2, -0.15) is 8.78 Å². The van der Waals surface area contributed by atoms with E-state index in [1.165, 1.54) is 38.1 Å². The lowest BCUT2D eigenvalue weighted by molar-refractivity contribution is -0.621. The molecule has 1 aliphatic rings. The fourth-order valence-corrected chi connectivity index (χ4v) is 4.43. The van der Waals surface area contributed by atoms with Crippen molar-refractivity contribution in [3.63, 3.8) is 0 Å². The van der Waals surface area contributed by atoms with Crippen molar-refractivity contribution in [3.05, 3.63) is 88.1 Å². The Bertz CT molecular complexity index is 1270. The van der Waals surface area contributed by atoms with Crippen LogP contribution in [0.5, 0.6) is 5.75 Å². The fourth-order valence-electron chi connectivity index (χ4n) is 4.43. The van der Waals surface area contributed by atoms with E-state index in [0.29, 0.717) is 16.1 Å². The lowest BCUT2D eigenvalue weighted by Gasteiger charge is -2.35. The van der Waals surface area contributed by atoms with Crippen LogP contribution in [-0.4, -0.2) is 28.9 Å². The second kappa shape index (κ2) is 9.60. The Labute approximate surface area is 206 Å². The van der Waals surface area contributed by atoms with Crippen molar-refractivity contribution in [2.75, 3.05) is 0 Å². The molecule has 1 aliphatic heterocycles. The normalized spacial score (nSPS) is 16.5. The fraction of sp³-hybridized carbons (Fsp3) is 0.346. The highest BCUT2D eigenvalue weighted by molar-refractivity contribution is 5.98. The number of halogens is 2. The highest BCUT2D eigenvalue weighted by Gasteiger charge is 2.52. The highest BCUT2D eigenvalue weighted by Crippen LogP contribution is 2.39. The first-order valence-electron chi connectivity index (χ1n) is 11.3. The summed E-state index contributed by atoms with van der Waals surface area (Å²) in [6.07, 6.45) is 0. The van der Waals surface area contributed by atoms with E-state index in [4.69, 9.17) is 9.47 Å². The molecule has 3 aromatic rings. The van der Waals surface area contributed by atoms with Gasteiger partial charge in [0.1, 0.15) is 29.6 Å². The quantitative estimate of drug-likeness (QED) is 0.211. The third-order valence-electron chi connectivity index (χ3n) is 6.16. The Morgan fingerprint density at radius 2 is 1.69 bits per heavy atom. The van der Waals surface area contributed by atoms with Crippen molar-refractivity contribution < 1.29 is 37.3 Å². The number of imidazole rings is 1. The third kappa shape index (κ3) is 4.89. The number of carbonyl (C=O) groups excluding carboxylic acids is 2. The smallest absolute Gasteiger partial charge is 0.387 e. The van der Waals surface area contributed by atoms with Crippen LogP contribution in [0.4, 0.5) is 8.78 Å². The zero-order chi connectivity index (χ0) is 26.2. The molecule has 1 aromatic heterocycles. The van der Waals surface area contributed by atoms with E-state index in [-0.39, 0.29) is 23.7 Å². The van der Waals surface area contributed by atoms with Gasteiger partial charge in [0.2, 0.25) is 0 Å². The molecule has 0 spiro atoms. The maximum Gasteiger partial charge on any atom is 0.387 e. The molecule has 10 heteroatoms. The first-order valence-corrected chi connectivity index (χ1v) is 11.3. The number of rotatable bonds is 7. The first-order chi connectivity index (χ1) is 17.0. The van der Waals surface area contributed by atoms with Gasteiger partial charge in [-0.3, -0.25) is 9.59 Å². The van der Waals surface area contributed by atoms with Crippen LogP contribution in [0.15, 0.2) is 54.6 Å². The molecule has 0 aliphatic carbocycles. The number of hydrogen-bond acceptors (Lipinski definition) is 6. The van der Waals surface area contributed by atoms with Gasteiger partial charge in [-0.1, -0.05) is 42.5 Å². The standard InChI is InChI=1S/C26H26F2N2O6/c1-15-16(2)30(33)22(29(15)14-17-9-6-5-7-10-17)20(18-11-8-12-19(13-18)34-25(27)28)21-23(31)35-26(3,4)36-24(21)32/h5-13,20-21,25H,14H2,1-4H3. The molecule has 0 radical (unpaired) electrons. The average Bonchev–Trinajstić information content (AvgIpc) is 2.99. The molecule has 4 rings (SSSR count). The van der Waals surface area contributed by atoms with Crippen LogP contribution in [0, 0.1) is 25.0 Å². The molecule has 0 saturated carbocycles. The molecule has 2 heterocycles. The molecule has 0 bridgehead atoms. The van der Waals surface area contributed by atoms with Crippen LogP contribution >= 0.6 is 0 Å². The summed E-state index contributed by atoms with van der Waals surface area (Å²) in [7, 11) is 0. The zero-order valence-electron chi connectivity index (χ0n) is 20.2. The number of hydrogen-bond donors (Lipinski definition) is 0. The summed E-state index contributed by atoms with van der Waals surface area (Å²) in [6, 6.07) is 14.9. The molecular formula is C26H26F2N2O6. The number of ether oxygens (including phenoxy) is 3. The first kappa shape index (κ1) is 25.2. The van der Waals surface area contributed by atoms with Crippen molar-refractivity contribution in [1.29, 1.82) is 0 Å². The number of cyclic esters (lactones) is 2. The van der Waals surface area contributed by atoms with E-state index < -0.39 is 36.2 Å². The van der Waals surface area contributed by atoms with Crippen LogP contribution in [-0.2, 0) is 25.6 Å². The summed E-state index contributed by atoms with van der Waals surface area (Å²) in [6.45, 7) is 3.41. The monoisotopic (exact) mass is 500 g/mol. The van der Waals surface area contributed by atoms with E-state index in [1.807, 2.05) is 30.3 Å². The molecule has 1 unspecified atom stereocenters. The average molecular weight is 500 g/mol. The number of carbonyl (C=O) groups is 2. The Hall–Kier alpha value is -3.95. The molecule has 36 heavy (non-hydrogen) atoms. The molecule has 0 amide bonds. The SMILES string of the molecule is Cc1c(C)[n+]([O-])c(C(c2cccc(OC(F)F)c2)C2C(=O)OC(C)(C)OC2=O)n1Cc1ccccc1. The maximum atomic E-state index is 13.5. The summed E-state index contributed by atoms with van der Waals surface area (Å²) in [5.41, 5.74) is 2.10. The predicted molar refractivity (Wildman–Crippen MR) is 123 cm³/mol. The van der Waals surface area contributed by atoms with Crippen LogP contribution in [0.2, 0.25) is 0 Å². The molecule has 0 N–H and O–H groups in total. The van der Waals surface area contributed by atoms with Gasteiger partial charge in [0.25, 0.3) is 11.6 Å². The molecule has 2 aromatic carbocycles. The predicted octanol–water partition coefficient (Wildman–Crippen LogP) is 3.97. The minimum atomic E-state index is -3.08. The van der Waals surface area contributed by atoms with Gasteiger partial charge < -0.3 is 19.4 Å². The molecule has 1 saturated heterocycles. The van der Waals surface area contributed by atoms with Crippen molar-refractivity contribution >= 4 is 11.9 Å². The van der Waals surface area contributed by atoms with Gasteiger partial charge in [0.05, 0.1) is 0 Å². The van der Waals surface area contributed by atoms with Crippen molar-refractivity contribution in [2.24, 2.45) is 5.92 Å². The van der Waals surface area contributed by atoms with E-state index in [0.717, 1.165) is 5.56 Å². The molecule has 1 fully saturated rings. The lowest BCUT2D eigenvalue weighted by Crippen LogP contribution is -2.50. The van der Waals surface area contributed by atoms with E-state index >= 15 is 0 Å². The molecule has 190 valence electrons. The van der Waals surface area contributed by atoms with Gasteiger partial charge >= 0.3 is 18.6 Å². The number of esters is 2. The van der Waals surface area contributed by atoms with Crippen molar-refractivity contribution in [1.82, 2.24) is 4.57 Å². The summed E-state index contributed by atoms with van der Waals surface area (Å²) in [4.78, 5) is 26.3. The number of nitrogens with zero attached hydrogens (tertiary/aromatic N) is 2. The minimum absolute atomic E-state index is 0.0710. The van der Waals surface area contributed by atoms with Gasteiger partial charge in [-0.25, -0.2) is 9.30 Å². The van der Waals surface area contributed by atoms with E-state index in [2.05, 4.69) is 4.74 Å².